The van der Waals surface area contributed by atoms with E-state index in [0.717, 1.165) is 12.8 Å². The molecule has 0 saturated heterocycles. The first-order valence-electron chi connectivity index (χ1n) is 5.29. The van der Waals surface area contributed by atoms with Gasteiger partial charge >= 0.3 is 6.09 Å². The van der Waals surface area contributed by atoms with Gasteiger partial charge in [-0.2, -0.15) is 0 Å². The highest BCUT2D eigenvalue weighted by molar-refractivity contribution is 5.70. The molecule has 0 aliphatic carbocycles. The van der Waals surface area contributed by atoms with Crippen molar-refractivity contribution in [3.05, 3.63) is 30.3 Å². The Morgan fingerprint density at radius 2 is 1.87 bits per heavy atom. The molecule has 0 saturated carbocycles. The van der Waals surface area contributed by atoms with Crippen LogP contribution < -0.4 is 10.1 Å². The maximum Gasteiger partial charge on any atom is 0.412 e. The van der Waals surface area contributed by atoms with Crippen molar-refractivity contribution in [1.82, 2.24) is 5.32 Å². The first-order chi connectivity index (χ1) is 7.26. The lowest BCUT2D eigenvalue weighted by Gasteiger charge is -2.14. The second kappa shape index (κ2) is 6.06. The fourth-order valence-electron chi connectivity index (χ4n) is 1.28. The van der Waals surface area contributed by atoms with Crippen LogP contribution in [0.15, 0.2) is 30.3 Å². The van der Waals surface area contributed by atoms with Gasteiger partial charge in [-0.25, -0.2) is 4.79 Å². The molecule has 1 amide bonds. The summed E-state index contributed by atoms with van der Waals surface area (Å²) in [6.45, 7) is 4.08. The molecule has 1 aromatic rings. The maximum absolute atomic E-state index is 11.4. The molecule has 0 aromatic heterocycles. The van der Waals surface area contributed by atoms with Gasteiger partial charge in [0.15, 0.2) is 0 Å². The third-order valence-corrected chi connectivity index (χ3v) is 2.26. The van der Waals surface area contributed by atoms with E-state index in [0.29, 0.717) is 5.75 Å². The van der Waals surface area contributed by atoms with E-state index in [1.165, 1.54) is 0 Å². The Labute approximate surface area is 90.4 Å². The van der Waals surface area contributed by atoms with Crippen LogP contribution in [0.5, 0.6) is 5.75 Å². The minimum atomic E-state index is -0.380. The van der Waals surface area contributed by atoms with Crippen molar-refractivity contribution in [2.24, 2.45) is 0 Å². The molecule has 0 unspecified atom stereocenters. The van der Waals surface area contributed by atoms with Gasteiger partial charge in [-0.15, -0.1) is 0 Å². The SMILES string of the molecule is CCC(CC)NC(=O)Oc1ccccc1. The van der Waals surface area contributed by atoms with E-state index in [1.807, 2.05) is 32.0 Å². The van der Waals surface area contributed by atoms with Crippen LogP contribution in [0, 0.1) is 0 Å². The highest BCUT2D eigenvalue weighted by atomic mass is 16.6. The van der Waals surface area contributed by atoms with Crippen LogP contribution in [-0.4, -0.2) is 12.1 Å². The Hall–Kier alpha value is -1.51. The van der Waals surface area contributed by atoms with Crippen LogP contribution in [0.1, 0.15) is 26.7 Å². The van der Waals surface area contributed by atoms with Gasteiger partial charge in [0.2, 0.25) is 0 Å². The lowest BCUT2D eigenvalue weighted by Crippen LogP contribution is -2.35. The Bertz CT molecular complexity index is 294. The van der Waals surface area contributed by atoms with E-state index in [-0.39, 0.29) is 12.1 Å². The minimum absolute atomic E-state index is 0.196. The minimum Gasteiger partial charge on any atom is -0.410 e. The fraction of sp³-hybridized carbons (Fsp3) is 0.417. The molecule has 0 fully saturated rings. The number of para-hydroxylation sites is 1. The lowest BCUT2D eigenvalue weighted by atomic mass is 10.2. The van der Waals surface area contributed by atoms with E-state index in [2.05, 4.69) is 5.32 Å². The molecule has 3 nitrogen and oxygen atoms in total. The number of rotatable bonds is 4. The van der Waals surface area contributed by atoms with Gasteiger partial charge in [0.05, 0.1) is 0 Å². The van der Waals surface area contributed by atoms with Crippen LogP contribution in [0.3, 0.4) is 0 Å². The van der Waals surface area contributed by atoms with Crippen LogP contribution in [-0.2, 0) is 0 Å². The van der Waals surface area contributed by atoms with Crippen molar-refractivity contribution in [3.63, 3.8) is 0 Å². The Morgan fingerprint density at radius 3 is 2.40 bits per heavy atom. The zero-order chi connectivity index (χ0) is 11.1. The zero-order valence-corrected chi connectivity index (χ0v) is 9.19. The predicted octanol–water partition coefficient (Wildman–Crippen LogP) is 2.96. The number of ether oxygens (including phenoxy) is 1. The van der Waals surface area contributed by atoms with Crippen molar-refractivity contribution >= 4 is 6.09 Å². The Balaban J connectivity index is 2.43. The molecule has 0 bridgehead atoms. The summed E-state index contributed by atoms with van der Waals surface area (Å²) in [5.74, 6) is 0.570. The highest BCUT2D eigenvalue weighted by Crippen LogP contribution is 2.08. The molecule has 3 heteroatoms. The standard InChI is InChI=1S/C12H17NO2/c1-3-10(4-2)13-12(14)15-11-8-6-5-7-9-11/h5-10H,3-4H2,1-2H3,(H,13,14). The lowest BCUT2D eigenvalue weighted by molar-refractivity contribution is 0.195. The number of carbonyl (C=O) groups is 1. The number of amides is 1. The number of carbonyl (C=O) groups excluding carboxylic acids is 1. The summed E-state index contributed by atoms with van der Waals surface area (Å²) in [6, 6.07) is 9.26. The molecule has 82 valence electrons. The smallest absolute Gasteiger partial charge is 0.410 e. The molecular weight excluding hydrogens is 190 g/mol. The van der Waals surface area contributed by atoms with Gasteiger partial charge in [-0.3, -0.25) is 0 Å². The number of benzene rings is 1. The molecule has 1 rings (SSSR count). The molecule has 0 aliphatic rings. The Morgan fingerprint density at radius 1 is 1.27 bits per heavy atom. The highest BCUT2D eigenvalue weighted by Gasteiger charge is 2.09. The molecule has 0 spiro atoms. The summed E-state index contributed by atoms with van der Waals surface area (Å²) in [6.07, 6.45) is 1.45. The molecular formula is C12H17NO2. The monoisotopic (exact) mass is 207 g/mol. The van der Waals surface area contributed by atoms with Crippen LogP contribution in [0.4, 0.5) is 4.79 Å². The summed E-state index contributed by atoms with van der Waals surface area (Å²) in [5, 5.41) is 2.80. The van der Waals surface area contributed by atoms with Gasteiger partial charge in [0.1, 0.15) is 5.75 Å². The van der Waals surface area contributed by atoms with Crippen LogP contribution >= 0.6 is 0 Å². The molecule has 1 N–H and O–H groups in total. The predicted molar refractivity (Wildman–Crippen MR) is 60.0 cm³/mol. The van der Waals surface area contributed by atoms with Crippen molar-refractivity contribution in [2.45, 2.75) is 32.7 Å². The first-order valence-corrected chi connectivity index (χ1v) is 5.29. The summed E-state index contributed by atoms with van der Waals surface area (Å²) in [5.41, 5.74) is 0. The van der Waals surface area contributed by atoms with E-state index >= 15 is 0 Å². The van der Waals surface area contributed by atoms with Crippen LogP contribution in [0.25, 0.3) is 0 Å². The van der Waals surface area contributed by atoms with Crippen molar-refractivity contribution in [2.75, 3.05) is 0 Å². The average molecular weight is 207 g/mol. The van der Waals surface area contributed by atoms with Gasteiger partial charge in [-0.1, -0.05) is 32.0 Å². The third kappa shape index (κ3) is 4.02. The summed E-state index contributed by atoms with van der Waals surface area (Å²) in [7, 11) is 0. The number of hydrogen-bond donors (Lipinski definition) is 1. The first kappa shape index (κ1) is 11.6. The second-order valence-corrected chi connectivity index (χ2v) is 3.36. The molecule has 0 atom stereocenters. The van der Waals surface area contributed by atoms with Gasteiger partial charge in [-0.05, 0) is 25.0 Å². The van der Waals surface area contributed by atoms with Crippen molar-refractivity contribution in [1.29, 1.82) is 0 Å². The van der Waals surface area contributed by atoms with E-state index in [4.69, 9.17) is 4.74 Å². The molecule has 0 aliphatic heterocycles. The fourth-order valence-corrected chi connectivity index (χ4v) is 1.28. The quantitative estimate of drug-likeness (QED) is 0.824. The van der Waals surface area contributed by atoms with E-state index in [9.17, 15) is 4.79 Å². The summed E-state index contributed by atoms with van der Waals surface area (Å²) < 4.78 is 5.10. The number of nitrogens with one attached hydrogen (secondary N) is 1. The molecule has 15 heavy (non-hydrogen) atoms. The van der Waals surface area contributed by atoms with Crippen molar-refractivity contribution < 1.29 is 9.53 Å². The average Bonchev–Trinajstić information content (AvgIpc) is 2.27. The normalized spacial score (nSPS) is 10.1. The van der Waals surface area contributed by atoms with E-state index in [1.54, 1.807) is 12.1 Å². The zero-order valence-electron chi connectivity index (χ0n) is 9.19. The molecule has 1 aromatic carbocycles. The summed E-state index contributed by atoms with van der Waals surface area (Å²) in [4.78, 5) is 11.4. The van der Waals surface area contributed by atoms with Gasteiger partial charge in [0, 0.05) is 6.04 Å². The largest absolute Gasteiger partial charge is 0.412 e. The molecule has 0 radical (unpaired) electrons. The topological polar surface area (TPSA) is 38.3 Å². The second-order valence-electron chi connectivity index (χ2n) is 3.36. The summed E-state index contributed by atoms with van der Waals surface area (Å²) >= 11 is 0. The maximum atomic E-state index is 11.4. The number of hydrogen-bond acceptors (Lipinski definition) is 2. The van der Waals surface area contributed by atoms with Gasteiger partial charge < -0.3 is 10.1 Å². The molecule has 0 heterocycles. The van der Waals surface area contributed by atoms with Crippen molar-refractivity contribution in [3.8, 4) is 5.75 Å². The van der Waals surface area contributed by atoms with Gasteiger partial charge in [0.25, 0.3) is 0 Å². The van der Waals surface area contributed by atoms with Crippen LogP contribution in [0.2, 0.25) is 0 Å². The third-order valence-electron chi connectivity index (χ3n) is 2.26. The van der Waals surface area contributed by atoms with E-state index < -0.39 is 0 Å². The Kier molecular flexibility index (Phi) is 4.68.